The van der Waals surface area contributed by atoms with Crippen LogP contribution in [0.1, 0.15) is 38.2 Å². The first-order valence-corrected chi connectivity index (χ1v) is 8.83. The number of benzene rings is 1. The van der Waals surface area contributed by atoms with Crippen molar-refractivity contribution in [2.24, 2.45) is 0 Å². The van der Waals surface area contributed by atoms with Crippen LogP contribution in [0.5, 0.6) is 0 Å². The summed E-state index contributed by atoms with van der Waals surface area (Å²) in [6, 6.07) is 7.19. The fraction of sp³-hybridized carbons (Fsp3) is 0.500. The summed E-state index contributed by atoms with van der Waals surface area (Å²) in [5.74, 6) is -1.02. The predicted octanol–water partition coefficient (Wildman–Crippen LogP) is 2.29. The second-order valence-corrected chi connectivity index (χ2v) is 6.47. The van der Waals surface area contributed by atoms with Gasteiger partial charge in [0.2, 0.25) is 5.91 Å². The van der Waals surface area contributed by atoms with Crippen molar-refractivity contribution >= 4 is 29.4 Å². The summed E-state index contributed by atoms with van der Waals surface area (Å²) >= 11 is 6.03. The second kappa shape index (κ2) is 9.42. The molecule has 1 aliphatic heterocycles. The van der Waals surface area contributed by atoms with E-state index < -0.39 is 18.0 Å². The molecule has 6 nitrogen and oxygen atoms in total. The Balaban J connectivity index is 1.78. The van der Waals surface area contributed by atoms with Crippen LogP contribution in [0.2, 0.25) is 5.02 Å². The van der Waals surface area contributed by atoms with E-state index in [2.05, 4.69) is 5.32 Å². The molecule has 0 aliphatic carbocycles. The van der Waals surface area contributed by atoms with E-state index >= 15 is 0 Å². The topological polar surface area (TPSA) is 75.7 Å². The lowest BCUT2D eigenvalue weighted by atomic mass is 10.2. The molecule has 1 atom stereocenters. The fourth-order valence-electron chi connectivity index (χ4n) is 2.62. The first kappa shape index (κ1) is 19.2. The largest absolute Gasteiger partial charge is 0.451 e. The number of hydrogen-bond donors (Lipinski definition) is 1. The van der Waals surface area contributed by atoms with Gasteiger partial charge < -0.3 is 15.0 Å². The third kappa shape index (κ3) is 6.05. The second-order valence-electron chi connectivity index (χ2n) is 6.07. The van der Waals surface area contributed by atoms with Crippen molar-refractivity contribution in [3.63, 3.8) is 0 Å². The van der Waals surface area contributed by atoms with Crippen LogP contribution in [0.4, 0.5) is 0 Å². The summed E-state index contributed by atoms with van der Waals surface area (Å²) in [5.41, 5.74) is 0.784. The highest BCUT2D eigenvalue weighted by atomic mass is 35.5. The fourth-order valence-corrected chi connectivity index (χ4v) is 2.82. The maximum absolute atomic E-state index is 12.1. The van der Waals surface area contributed by atoms with Crippen molar-refractivity contribution in [1.82, 2.24) is 10.2 Å². The van der Waals surface area contributed by atoms with Crippen molar-refractivity contribution in [2.75, 3.05) is 13.1 Å². The highest BCUT2D eigenvalue weighted by Crippen LogP contribution is 2.14. The van der Waals surface area contributed by atoms with Gasteiger partial charge in [-0.25, -0.2) is 0 Å². The predicted molar refractivity (Wildman–Crippen MR) is 93.9 cm³/mol. The van der Waals surface area contributed by atoms with Gasteiger partial charge in [-0.05, 0) is 31.4 Å². The van der Waals surface area contributed by atoms with E-state index in [-0.39, 0.29) is 19.0 Å². The maximum Gasteiger partial charge on any atom is 0.326 e. The number of ether oxygens (including phenoxy) is 1. The van der Waals surface area contributed by atoms with Crippen LogP contribution in [0.3, 0.4) is 0 Å². The molecule has 2 amide bonds. The van der Waals surface area contributed by atoms with Gasteiger partial charge in [0.25, 0.3) is 5.91 Å². The van der Waals surface area contributed by atoms with Crippen LogP contribution in [-0.4, -0.2) is 41.9 Å². The van der Waals surface area contributed by atoms with E-state index in [4.69, 9.17) is 16.3 Å². The first-order chi connectivity index (χ1) is 12.0. The van der Waals surface area contributed by atoms with Gasteiger partial charge in [-0.1, -0.05) is 36.2 Å². The number of nitrogens with zero attached hydrogens (tertiary/aromatic N) is 1. The monoisotopic (exact) mass is 366 g/mol. The number of amides is 2. The number of nitrogens with one attached hydrogen (secondary N) is 1. The lowest BCUT2D eigenvalue weighted by Gasteiger charge is -2.20. The van der Waals surface area contributed by atoms with Crippen LogP contribution in [0, 0.1) is 0 Å². The average Bonchev–Trinajstić information content (AvgIpc) is 2.78. The van der Waals surface area contributed by atoms with Gasteiger partial charge in [0.1, 0.15) is 6.54 Å². The van der Waals surface area contributed by atoms with Crippen molar-refractivity contribution in [1.29, 1.82) is 0 Å². The number of likely N-dealkylation sites (tertiary alicyclic amines) is 1. The summed E-state index contributed by atoms with van der Waals surface area (Å²) in [7, 11) is 0. The molecule has 7 heteroatoms. The molecule has 1 aliphatic rings. The third-order valence-electron chi connectivity index (χ3n) is 4.08. The Bertz CT molecular complexity index is 635. The standard InChI is InChI=1S/C18H23ClN2O4/c1-13(18(24)20-11-14-7-4-5-8-15(14)19)25-17(23)12-21-10-6-2-3-9-16(21)22/h4-5,7-8,13H,2-3,6,9-12H2,1H3,(H,20,24)/t13-/m0/s1. The molecular formula is C18H23ClN2O4. The highest BCUT2D eigenvalue weighted by molar-refractivity contribution is 6.31. The number of rotatable bonds is 6. The van der Waals surface area contributed by atoms with E-state index in [1.165, 1.54) is 11.8 Å². The molecule has 0 radical (unpaired) electrons. The zero-order chi connectivity index (χ0) is 18.2. The molecule has 1 fully saturated rings. The molecule has 0 unspecified atom stereocenters. The Morgan fingerprint density at radius 2 is 2.04 bits per heavy atom. The molecule has 0 aromatic heterocycles. The SMILES string of the molecule is C[C@H](OC(=O)CN1CCCCCC1=O)C(=O)NCc1ccccc1Cl. The van der Waals surface area contributed by atoms with Crippen LogP contribution < -0.4 is 5.32 Å². The zero-order valence-electron chi connectivity index (χ0n) is 14.3. The first-order valence-electron chi connectivity index (χ1n) is 8.45. The van der Waals surface area contributed by atoms with Crippen molar-refractivity contribution in [2.45, 2.75) is 45.3 Å². The van der Waals surface area contributed by atoms with E-state index in [0.29, 0.717) is 18.0 Å². The van der Waals surface area contributed by atoms with Crippen molar-refractivity contribution in [3.8, 4) is 0 Å². The summed E-state index contributed by atoms with van der Waals surface area (Å²) in [6.45, 7) is 2.21. The quantitative estimate of drug-likeness (QED) is 0.784. The van der Waals surface area contributed by atoms with Crippen molar-refractivity contribution in [3.05, 3.63) is 34.9 Å². The van der Waals surface area contributed by atoms with Gasteiger partial charge in [-0.15, -0.1) is 0 Å². The summed E-state index contributed by atoms with van der Waals surface area (Å²) in [4.78, 5) is 37.4. The molecule has 136 valence electrons. The Hall–Kier alpha value is -2.08. The lowest BCUT2D eigenvalue weighted by Crippen LogP contribution is -2.40. The van der Waals surface area contributed by atoms with Gasteiger partial charge in [0.15, 0.2) is 6.10 Å². The summed E-state index contributed by atoms with van der Waals surface area (Å²) in [6.07, 6.45) is 2.24. The number of esters is 1. The van der Waals surface area contributed by atoms with Gasteiger partial charge in [0.05, 0.1) is 0 Å². The van der Waals surface area contributed by atoms with Crippen LogP contribution >= 0.6 is 11.6 Å². The smallest absolute Gasteiger partial charge is 0.326 e. The van der Waals surface area contributed by atoms with Gasteiger partial charge in [0, 0.05) is 24.5 Å². The molecule has 0 bridgehead atoms. The molecule has 25 heavy (non-hydrogen) atoms. The Kier molecular flexibility index (Phi) is 7.25. The molecule has 1 N–H and O–H groups in total. The van der Waals surface area contributed by atoms with E-state index in [1.807, 2.05) is 18.2 Å². The molecule has 1 saturated heterocycles. The molecule has 0 spiro atoms. The molecular weight excluding hydrogens is 344 g/mol. The third-order valence-corrected chi connectivity index (χ3v) is 4.45. The number of halogens is 1. The lowest BCUT2D eigenvalue weighted by molar-refractivity contribution is -0.157. The van der Waals surface area contributed by atoms with E-state index in [1.54, 1.807) is 6.07 Å². The maximum atomic E-state index is 12.1. The minimum Gasteiger partial charge on any atom is -0.451 e. The Morgan fingerprint density at radius 3 is 2.80 bits per heavy atom. The van der Waals surface area contributed by atoms with Gasteiger partial charge in [-0.2, -0.15) is 0 Å². The van der Waals surface area contributed by atoms with Gasteiger partial charge >= 0.3 is 5.97 Å². The summed E-state index contributed by atoms with van der Waals surface area (Å²) < 4.78 is 5.14. The van der Waals surface area contributed by atoms with Crippen molar-refractivity contribution < 1.29 is 19.1 Å². The Morgan fingerprint density at radius 1 is 1.28 bits per heavy atom. The number of carbonyl (C=O) groups is 3. The average molecular weight is 367 g/mol. The zero-order valence-corrected chi connectivity index (χ0v) is 15.1. The van der Waals surface area contributed by atoms with Gasteiger partial charge in [-0.3, -0.25) is 14.4 Å². The molecule has 1 aromatic carbocycles. The van der Waals surface area contributed by atoms with E-state index in [9.17, 15) is 14.4 Å². The van der Waals surface area contributed by atoms with Crippen LogP contribution in [-0.2, 0) is 25.7 Å². The van der Waals surface area contributed by atoms with Crippen LogP contribution in [0.15, 0.2) is 24.3 Å². The number of hydrogen-bond acceptors (Lipinski definition) is 4. The Labute approximate surface area is 152 Å². The molecule has 2 rings (SSSR count). The molecule has 1 heterocycles. The summed E-state index contributed by atoms with van der Waals surface area (Å²) in [5, 5.41) is 3.25. The molecule has 1 aromatic rings. The molecule has 0 saturated carbocycles. The minimum atomic E-state index is -0.933. The van der Waals surface area contributed by atoms with E-state index in [0.717, 1.165) is 24.8 Å². The normalized spacial score (nSPS) is 16.1. The minimum absolute atomic E-state index is 0.0368. The number of carbonyl (C=O) groups excluding carboxylic acids is 3. The highest BCUT2D eigenvalue weighted by Gasteiger charge is 2.23. The van der Waals surface area contributed by atoms with Crippen LogP contribution in [0.25, 0.3) is 0 Å².